The van der Waals surface area contributed by atoms with Crippen LogP contribution in [0.3, 0.4) is 0 Å². The van der Waals surface area contributed by atoms with Gasteiger partial charge in [0.05, 0.1) is 7.11 Å². The highest BCUT2D eigenvalue weighted by molar-refractivity contribution is 5.28. The molecule has 1 N–H and O–H groups in total. The summed E-state index contributed by atoms with van der Waals surface area (Å²) in [6.07, 6.45) is 0.425. The molecule has 0 unspecified atom stereocenters. The van der Waals surface area contributed by atoms with Crippen LogP contribution in [0.1, 0.15) is 25.0 Å². The second-order valence-corrected chi connectivity index (χ2v) is 4.19. The Morgan fingerprint density at radius 2 is 1.87 bits per heavy atom. The molecule has 0 spiro atoms. The quantitative estimate of drug-likeness (QED) is 0.756. The van der Waals surface area contributed by atoms with Crippen LogP contribution >= 0.6 is 0 Å². The van der Waals surface area contributed by atoms with Crippen molar-refractivity contribution in [2.45, 2.75) is 32.5 Å². The van der Waals surface area contributed by atoms with Crippen LogP contribution in [0.25, 0.3) is 0 Å². The summed E-state index contributed by atoms with van der Waals surface area (Å²) in [4.78, 5) is 4.79. The Labute approximate surface area is 90.4 Å². The Balaban J connectivity index is 2.77. The molecule has 0 bridgehead atoms. The molecule has 0 aliphatic heterocycles. The molecule has 0 fully saturated rings. The zero-order valence-corrected chi connectivity index (χ0v) is 9.51. The van der Waals surface area contributed by atoms with Crippen LogP contribution < -0.4 is 5.48 Å². The summed E-state index contributed by atoms with van der Waals surface area (Å²) in [6, 6.07) is 7.81. The third kappa shape index (κ3) is 4.40. The van der Waals surface area contributed by atoms with E-state index in [-0.39, 0.29) is 0 Å². The van der Waals surface area contributed by atoms with Gasteiger partial charge in [-0.25, -0.2) is 4.39 Å². The lowest BCUT2D eigenvalue weighted by Gasteiger charge is -2.16. The first kappa shape index (κ1) is 12.1. The minimum atomic E-state index is -1.18. The van der Waals surface area contributed by atoms with E-state index >= 15 is 0 Å². The SMILES string of the molecule is CONCc1ccccc1CC(C)(C)F. The monoisotopic (exact) mass is 211 g/mol. The average Bonchev–Trinajstić information content (AvgIpc) is 2.14. The van der Waals surface area contributed by atoms with E-state index in [1.165, 1.54) is 0 Å². The topological polar surface area (TPSA) is 21.3 Å². The van der Waals surface area contributed by atoms with E-state index < -0.39 is 5.67 Å². The van der Waals surface area contributed by atoms with Gasteiger partial charge in [0.15, 0.2) is 0 Å². The average molecular weight is 211 g/mol. The molecule has 1 aromatic rings. The summed E-state index contributed by atoms with van der Waals surface area (Å²) < 4.78 is 13.5. The third-order valence-corrected chi connectivity index (χ3v) is 2.14. The first-order valence-electron chi connectivity index (χ1n) is 5.04. The van der Waals surface area contributed by atoms with Gasteiger partial charge in [-0.05, 0) is 25.0 Å². The van der Waals surface area contributed by atoms with E-state index in [4.69, 9.17) is 4.84 Å². The molecule has 0 atom stereocenters. The van der Waals surface area contributed by atoms with Crippen LogP contribution in [-0.2, 0) is 17.8 Å². The molecule has 0 aliphatic carbocycles. The molecular weight excluding hydrogens is 193 g/mol. The Hall–Kier alpha value is -0.930. The maximum atomic E-state index is 13.5. The van der Waals surface area contributed by atoms with Crippen LogP contribution in [0.2, 0.25) is 0 Å². The first-order valence-corrected chi connectivity index (χ1v) is 5.04. The van der Waals surface area contributed by atoms with Crippen LogP contribution in [0, 0.1) is 0 Å². The molecule has 2 nitrogen and oxygen atoms in total. The number of halogens is 1. The number of rotatable bonds is 5. The van der Waals surface area contributed by atoms with E-state index in [2.05, 4.69) is 5.48 Å². The molecule has 84 valence electrons. The van der Waals surface area contributed by atoms with Crippen molar-refractivity contribution in [3.8, 4) is 0 Å². The fourth-order valence-corrected chi connectivity index (χ4v) is 1.51. The summed E-state index contributed by atoms with van der Waals surface area (Å²) in [7, 11) is 1.57. The molecule has 0 saturated carbocycles. The molecule has 0 aliphatic rings. The Kier molecular flexibility index (Phi) is 4.24. The highest BCUT2D eigenvalue weighted by Gasteiger charge is 2.17. The Bertz CT molecular complexity index is 307. The van der Waals surface area contributed by atoms with E-state index in [0.29, 0.717) is 13.0 Å². The highest BCUT2D eigenvalue weighted by Crippen LogP contribution is 2.19. The summed E-state index contributed by atoms with van der Waals surface area (Å²) in [5, 5.41) is 0. The van der Waals surface area contributed by atoms with Gasteiger partial charge in [-0.15, -0.1) is 0 Å². The number of hydroxylamine groups is 1. The van der Waals surface area contributed by atoms with Gasteiger partial charge in [-0.3, -0.25) is 0 Å². The van der Waals surface area contributed by atoms with Crippen LogP contribution in [0.5, 0.6) is 0 Å². The van der Waals surface area contributed by atoms with Gasteiger partial charge in [0.1, 0.15) is 5.67 Å². The molecule has 0 amide bonds. The number of benzene rings is 1. The Morgan fingerprint density at radius 1 is 1.27 bits per heavy atom. The third-order valence-electron chi connectivity index (χ3n) is 2.14. The van der Waals surface area contributed by atoms with Gasteiger partial charge in [0, 0.05) is 13.0 Å². The van der Waals surface area contributed by atoms with Crippen LogP contribution in [0.4, 0.5) is 4.39 Å². The molecule has 15 heavy (non-hydrogen) atoms. The molecular formula is C12H18FNO. The standard InChI is InChI=1S/C12H18FNO/c1-12(2,13)8-10-6-4-5-7-11(10)9-14-15-3/h4-7,14H,8-9H2,1-3H3. The van der Waals surface area contributed by atoms with E-state index in [0.717, 1.165) is 11.1 Å². The van der Waals surface area contributed by atoms with Crippen molar-refractivity contribution in [1.82, 2.24) is 5.48 Å². The normalized spacial score (nSPS) is 11.7. The van der Waals surface area contributed by atoms with Crippen molar-refractivity contribution in [2.75, 3.05) is 7.11 Å². The molecule has 1 rings (SSSR count). The van der Waals surface area contributed by atoms with Gasteiger partial charge in [0.2, 0.25) is 0 Å². The maximum Gasteiger partial charge on any atom is 0.109 e. The van der Waals surface area contributed by atoms with Crippen molar-refractivity contribution in [1.29, 1.82) is 0 Å². The van der Waals surface area contributed by atoms with Gasteiger partial charge >= 0.3 is 0 Å². The minimum Gasteiger partial charge on any atom is -0.305 e. The number of hydrogen-bond donors (Lipinski definition) is 1. The summed E-state index contributed by atoms with van der Waals surface area (Å²) in [5.41, 5.74) is 3.69. The van der Waals surface area contributed by atoms with Crippen molar-refractivity contribution in [3.63, 3.8) is 0 Å². The van der Waals surface area contributed by atoms with Gasteiger partial charge < -0.3 is 4.84 Å². The summed E-state index contributed by atoms with van der Waals surface area (Å²) in [5.74, 6) is 0. The zero-order chi connectivity index (χ0) is 11.3. The predicted molar refractivity (Wildman–Crippen MR) is 59.2 cm³/mol. The molecule has 0 saturated heterocycles. The van der Waals surface area contributed by atoms with Crippen LogP contribution in [-0.4, -0.2) is 12.8 Å². The van der Waals surface area contributed by atoms with Crippen molar-refractivity contribution >= 4 is 0 Å². The number of hydrogen-bond acceptors (Lipinski definition) is 2. The molecule has 1 aromatic carbocycles. The smallest absolute Gasteiger partial charge is 0.109 e. The van der Waals surface area contributed by atoms with Gasteiger partial charge in [-0.2, -0.15) is 5.48 Å². The van der Waals surface area contributed by atoms with E-state index in [1.807, 2.05) is 24.3 Å². The lowest BCUT2D eigenvalue weighted by molar-refractivity contribution is 0.0863. The van der Waals surface area contributed by atoms with Crippen molar-refractivity contribution < 1.29 is 9.23 Å². The number of alkyl halides is 1. The lowest BCUT2D eigenvalue weighted by Crippen LogP contribution is -2.19. The minimum absolute atomic E-state index is 0.425. The van der Waals surface area contributed by atoms with Crippen molar-refractivity contribution in [3.05, 3.63) is 35.4 Å². The van der Waals surface area contributed by atoms with Crippen molar-refractivity contribution in [2.24, 2.45) is 0 Å². The second kappa shape index (κ2) is 5.24. The van der Waals surface area contributed by atoms with Gasteiger partial charge in [0.25, 0.3) is 0 Å². The lowest BCUT2D eigenvalue weighted by atomic mass is 9.96. The number of nitrogens with one attached hydrogen (secondary N) is 1. The first-order chi connectivity index (χ1) is 7.03. The second-order valence-electron chi connectivity index (χ2n) is 4.19. The highest BCUT2D eigenvalue weighted by atomic mass is 19.1. The summed E-state index contributed by atoms with van der Waals surface area (Å²) >= 11 is 0. The largest absolute Gasteiger partial charge is 0.305 e. The molecule has 0 aromatic heterocycles. The summed E-state index contributed by atoms with van der Waals surface area (Å²) in [6.45, 7) is 3.78. The zero-order valence-electron chi connectivity index (χ0n) is 9.51. The molecule has 3 heteroatoms. The van der Waals surface area contributed by atoms with Crippen LogP contribution in [0.15, 0.2) is 24.3 Å². The molecule has 0 radical (unpaired) electrons. The van der Waals surface area contributed by atoms with E-state index in [9.17, 15) is 4.39 Å². The Morgan fingerprint density at radius 3 is 2.40 bits per heavy atom. The van der Waals surface area contributed by atoms with Gasteiger partial charge in [-0.1, -0.05) is 24.3 Å². The fourth-order valence-electron chi connectivity index (χ4n) is 1.51. The predicted octanol–water partition coefficient (Wildman–Crippen LogP) is 2.63. The van der Waals surface area contributed by atoms with E-state index in [1.54, 1.807) is 21.0 Å². The maximum absolute atomic E-state index is 13.5. The fraction of sp³-hybridized carbons (Fsp3) is 0.500. The molecule has 0 heterocycles.